The van der Waals surface area contributed by atoms with E-state index in [1.54, 1.807) is 6.20 Å². The lowest BCUT2D eigenvalue weighted by Crippen LogP contribution is -2.60. The molecule has 114 valence electrons. The van der Waals surface area contributed by atoms with Gasteiger partial charge in [-0.15, -0.1) is 11.8 Å². The first kappa shape index (κ1) is 14.9. The van der Waals surface area contributed by atoms with Gasteiger partial charge in [0.25, 0.3) is 0 Å². The van der Waals surface area contributed by atoms with Crippen LogP contribution in [0.2, 0.25) is 0 Å². The number of aromatic nitrogens is 1. The third kappa shape index (κ3) is 3.40. The number of ether oxygens (including phenoxy) is 1. The second-order valence-corrected chi connectivity index (χ2v) is 7.44. The first-order valence-corrected chi connectivity index (χ1v) is 8.62. The van der Waals surface area contributed by atoms with Gasteiger partial charge in [-0.25, -0.2) is 0 Å². The van der Waals surface area contributed by atoms with Crippen molar-refractivity contribution in [3.8, 4) is 0 Å². The molecular weight excluding hydrogens is 284 g/mol. The second-order valence-electron chi connectivity index (χ2n) is 5.95. The van der Waals surface area contributed by atoms with Crippen LogP contribution in [-0.2, 0) is 16.1 Å². The van der Waals surface area contributed by atoms with Crippen molar-refractivity contribution in [3.05, 3.63) is 30.1 Å². The Labute approximate surface area is 130 Å². The molecule has 0 saturated carbocycles. The van der Waals surface area contributed by atoms with E-state index in [1.165, 1.54) is 0 Å². The number of likely N-dealkylation sites (tertiary alicyclic amines) is 1. The molecule has 0 aliphatic carbocycles. The van der Waals surface area contributed by atoms with Gasteiger partial charge >= 0.3 is 0 Å². The lowest BCUT2D eigenvalue weighted by atomic mass is 9.92. The maximum absolute atomic E-state index is 11.8. The Kier molecular flexibility index (Phi) is 4.50. The minimum Gasteiger partial charge on any atom is -0.371 e. The lowest BCUT2D eigenvalue weighted by Gasteiger charge is -2.47. The summed E-state index contributed by atoms with van der Waals surface area (Å²) in [6, 6.07) is 5.90. The molecule has 21 heavy (non-hydrogen) atoms. The van der Waals surface area contributed by atoms with Crippen LogP contribution >= 0.6 is 11.8 Å². The van der Waals surface area contributed by atoms with Crippen LogP contribution in [0, 0.1) is 0 Å². The van der Waals surface area contributed by atoms with E-state index in [2.05, 4.69) is 11.9 Å². The quantitative estimate of drug-likeness (QED) is 0.838. The average Bonchev–Trinajstić information content (AvgIpc) is 2.89. The van der Waals surface area contributed by atoms with Crippen LogP contribution in [0.25, 0.3) is 0 Å². The molecule has 3 rings (SSSR count). The van der Waals surface area contributed by atoms with Gasteiger partial charge in [-0.2, -0.15) is 0 Å². The molecule has 1 atom stereocenters. The molecule has 0 N–H and O–H groups in total. The molecule has 2 aliphatic rings. The first-order chi connectivity index (χ1) is 10.2. The van der Waals surface area contributed by atoms with Crippen molar-refractivity contribution in [1.82, 2.24) is 9.88 Å². The van der Waals surface area contributed by atoms with E-state index in [4.69, 9.17) is 4.74 Å². The zero-order chi connectivity index (χ0) is 14.7. The minimum atomic E-state index is 0.262. The third-order valence-electron chi connectivity index (χ3n) is 4.14. The molecule has 2 fully saturated rings. The topological polar surface area (TPSA) is 42.4 Å². The normalized spacial score (nSPS) is 23.3. The standard InChI is InChI=1S/C16H22N2O2S/c1-2-5-15(19)18-11-16(12-18)8-14(10-21-16)20-9-13-6-3-4-7-17-13/h3-4,6-7,14H,2,5,8-12H2,1H3/t14-/m0/s1. The smallest absolute Gasteiger partial charge is 0.222 e. The fraction of sp³-hybridized carbons (Fsp3) is 0.625. The molecule has 0 unspecified atom stereocenters. The van der Waals surface area contributed by atoms with Gasteiger partial charge in [-0.05, 0) is 25.0 Å². The van der Waals surface area contributed by atoms with Gasteiger partial charge in [-0.3, -0.25) is 9.78 Å². The molecule has 1 spiro atoms. The molecule has 0 aromatic carbocycles. The van der Waals surface area contributed by atoms with Gasteiger partial charge in [0.2, 0.25) is 5.91 Å². The van der Waals surface area contributed by atoms with Gasteiger partial charge in [0.1, 0.15) is 0 Å². The number of hydrogen-bond donors (Lipinski definition) is 0. The van der Waals surface area contributed by atoms with Crippen molar-refractivity contribution in [3.63, 3.8) is 0 Å². The Hall–Kier alpha value is -1.07. The van der Waals surface area contributed by atoms with E-state index >= 15 is 0 Å². The van der Waals surface area contributed by atoms with Gasteiger partial charge < -0.3 is 9.64 Å². The molecular formula is C16H22N2O2S. The Morgan fingerprint density at radius 1 is 1.52 bits per heavy atom. The summed E-state index contributed by atoms with van der Waals surface area (Å²) in [6.45, 7) is 4.44. The summed E-state index contributed by atoms with van der Waals surface area (Å²) < 4.78 is 6.24. The fourth-order valence-electron chi connectivity index (χ4n) is 3.01. The number of pyridine rings is 1. The molecule has 2 saturated heterocycles. The number of amides is 1. The number of carbonyl (C=O) groups excluding carboxylic acids is 1. The highest BCUT2D eigenvalue weighted by molar-refractivity contribution is 8.01. The van der Waals surface area contributed by atoms with E-state index in [-0.39, 0.29) is 4.75 Å². The van der Waals surface area contributed by atoms with Crippen LogP contribution in [-0.4, -0.2) is 45.5 Å². The largest absolute Gasteiger partial charge is 0.371 e. The summed E-state index contributed by atoms with van der Waals surface area (Å²) in [5.41, 5.74) is 0.983. The van der Waals surface area contributed by atoms with E-state index in [1.807, 2.05) is 34.9 Å². The molecule has 1 aromatic rings. The molecule has 3 heterocycles. The van der Waals surface area contributed by atoms with E-state index in [0.29, 0.717) is 25.0 Å². The van der Waals surface area contributed by atoms with Crippen LogP contribution in [0.4, 0.5) is 0 Å². The average molecular weight is 306 g/mol. The van der Waals surface area contributed by atoms with Crippen LogP contribution < -0.4 is 0 Å². The maximum Gasteiger partial charge on any atom is 0.222 e. The van der Waals surface area contributed by atoms with Crippen molar-refractivity contribution in [2.24, 2.45) is 0 Å². The van der Waals surface area contributed by atoms with E-state index < -0.39 is 0 Å². The van der Waals surface area contributed by atoms with Crippen LogP contribution in [0.3, 0.4) is 0 Å². The van der Waals surface area contributed by atoms with Gasteiger partial charge in [-0.1, -0.05) is 13.0 Å². The van der Waals surface area contributed by atoms with Crippen LogP contribution in [0.15, 0.2) is 24.4 Å². The summed E-state index contributed by atoms with van der Waals surface area (Å²) in [7, 11) is 0. The number of thioether (sulfide) groups is 1. The van der Waals surface area contributed by atoms with Crippen molar-refractivity contribution in [2.75, 3.05) is 18.8 Å². The Balaban J connectivity index is 1.43. The molecule has 0 bridgehead atoms. The van der Waals surface area contributed by atoms with E-state index in [9.17, 15) is 4.79 Å². The highest BCUT2D eigenvalue weighted by Gasteiger charge is 2.50. The molecule has 0 radical (unpaired) electrons. The second kappa shape index (κ2) is 6.36. The molecule has 5 heteroatoms. The van der Waals surface area contributed by atoms with Crippen molar-refractivity contribution < 1.29 is 9.53 Å². The SMILES string of the molecule is CCCC(=O)N1CC2(C[C@H](OCc3ccccn3)CS2)C1. The highest BCUT2D eigenvalue weighted by Crippen LogP contribution is 2.46. The van der Waals surface area contributed by atoms with Gasteiger partial charge in [0, 0.05) is 31.5 Å². The monoisotopic (exact) mass is 306 g/mol. The summed E-state index contributed by atoms with van der Waals surface area (Å²) in [4.78, 5) is 18.1. The van der Waals surface area contributed by atoms with Crippen LogP contribution in [0.5, 0.6) is 0 Å². The van der Waals surface area contributed by atoms with Crippen molar-refractivity contribution in [2.45, 2.75) is 43.6 Å². The summed E-state index contributed by atoms with van der Waals surface area (Å²) in [5, 5.41) is 0. The summed E-state index contributed by atoms with van der Waals surface area (Å²) in [5.74, 6) is 1.34. The molecule has 2 aliphatic heterocycles. The van der Waals surface area contributed by atoms with E-state index in [0.717, 1.165) is 37.4 Å². The third-order valence-corrected chi connectivity index (χ3v) is 5.72. The number of carbonyl (C=O) groups is 1. The number of rotatable bonds is 5. The zero-order valence-corrected chi connectivity index (χ0v) is 13.3. The first-order valence-electron chi connectivity index (χ1n) is 7.64. The molecule has 4 nitrogen and oxygen atoms in total. The summed E-state index contributed by atoms with van der Waals surface area (Å²) >= 11 is 1.97. The van der Waals surface area contributed by atoms with Crippen LogP contribution in [0.1, 0.15) is 31.9 Å². The Bertz CT molecular complexity index is 488. The fourth-order valence-corrected chi connectivity index (χ4v) is 4.57. The number of hydrogen-bond acceptors (Lipinski definition) is 4. The van der Waals surface area contributed by atoms with Gasteiger partial charge in [0.05, 0.1) is 23.2 Å². The molecule has 1 aromatic heterocycles. The predicted molar refractivity (Wildman–Crippen MR) is 84.1 cm³/mol. The van der Waals surface area contributed by atoms with Crippen molar-refractivity contribution >= 4 is 17.7 Å². The minimum absolute atomic E-state index is 0.262. The zero-order valence-electron chi connectivity index (χ0n) is 12.5. The Morgan fingerprint density at radius 3 is 3.10 bits per heavy atom. The van der Waals surface area contributed by atoms with Gasteiger partial charge in [0.15, 0.2) is 0 Å². The summed E-state index contributed by atoms with van der Waals surface area (Å²) in [6.07, 6.45) is 4.76. The highest BCUT2D eigenvalue weighted by atomic mass is 32.2. The number of nitrogens with zero attached hydrogens (tertiary/aromatic N) is 2. The Morgan fingerprint density at radius 2 is 2.38 bits per heavy atom. The lowest BCUT2D eigenvalue weighted by molar-refractivity contribution is -0.136. The maximum atomic E-state index is 11.8. The van der Waals surface area contributed by atoms with Crippen molar-refractivity contribution in [1.29, 1.82) is 0 Å². The predicted octanol–water partition coefficient (Wildman–Crippen LogP) is 2.48. The molecule has 1 amide bonds.